The lowest BCUT2D eigenvalue weighted by Gasteiger charge is -1.97. The second-order valence-electron chi connectivity index (χ2n) is 3.39. The Morgan fingerprint density at radius 1 is 1.33 bits per heavy atom. The maximum absolute atomic E-state index is 10.8. The van der Waals surface area contributed by atoms with Crippen LogP contribution in [0.2, 0.25) is 0 Å². The summed E-state index contributed by atoms with van der Waals surface area (Å²) in [6, 6.07) is 10.4. The summed E-state index contributed by atoms with van der Waals surface area (Å²) in [5.41, 5.74) is 1.35. The number of nitrogens with one attached hydrogen (secondary N) is 1. The number of carbonyl (C=O) groups excluding carboxylic acids is 1. The highest BCUT2D eigenvalue weighted by atomic mass is 16.1. The molecule has 0 bridgehead atoms. The van der Waals surface area contributed by atoms with E-state index in [0.29, 0.717) is 0 Å². The van der Waals surface area contributed by atoms with E-state index in [1.807, 2.05) is 12.1 Å². The highest BCUT2D eigenvalue weighted by molar-refractivity contribution is 5.87. The van der Waals surface area contributed by atoms with E-state index in [1.165, 1.54) is 5.56 Å². The molecule has 1 N–H and O–H groups in total. The first-order chi connectivity index (χ1) is 7.33. The maximum Gasteiger partial charge on any atom is 0.243 e. The minimum absolute atomic E-state index is 0.0327. The van der Waals surface area contributed by atoms with Crippen molar-refractivity contribution in [2.24, 2.45) is 0 Å². The van der Waals surface area contributed by atoms with Crippen LogP contribution in [0.5, 0.6) is 0 Å². The summed E-state index contributed by atoms with van der Waals surface area (Å²) >= 11 is 0. The lowest BCUT2D eigenvalue weighted by atomic mass is 10.1. The molecule has 0 saturated heterocycles. The quantitative estimate of drug-likeness (QED) is 0.577. The summed E-state index contributed by atoms with van der Waals surface area (Å²) in [4.78, 5) is 10.8. The SMILES string of the molecule is CNC(=O)/C=C/CCCc1ccccc1. The molecule has 0 aliphatic rings. The molecule has 0 aromatic heterocycles. The van der Waals surface area contributed by atoms with Gasteiger partial charge in [-0.05, 0) is 30.9 Å². The lowest BCUT2D eigenvalue weighted by molar-refractivity contribution is -0.116. The molecule has 0 heterocycles. The second kappa shape index (κ2) is 6.82. The van der Waals surface area contributed by atoms with Crippen LogP contribution in [0.25, 0.3) is 0 Å². The molecule has 2 heteroatoms. The molecule has 0 fully saturated rings. The van der Waals surface area contributed by atoms with Crippen molar-refractivity contribution in [2.45, 2.75) is 19.3 Å². The van der Waals surface area contributed by atoms with E-state index >= 15 is 0 Å². The molecule has 0 aliphatic carbocycles. The molecular weight excluding hydrogens is 186 g/mol. The predicted octanol–water partition coefficient (Wildman–Crippen LogP) is 2.31. The first-order valence-electron chi connectivity index (χ1n) is 5.25. The van der Waals surface area contributed by atoms with Gasteiger partial charge in [-0.15, -0.1) is 0 Å². The average molecular weight is 203 g/mol. The van der Waals surface area contributed by atoms with Crippen LogP contribution in [0.4, 0.5) is 0 Å². The van der Waals surface area contributed by atoms with E-state index in [4.69, 9.17) is 0 Å². The summed E-state index contributed by atoms with van der Waals surface area (Å²) in [6.07, 6.45) is 6.60. The van der Waals surface area contributed by atoms with Crippen molar-refractivity contribution >= 4 is 5.91 Å². The third-order valence-corrected chi connectivity index (χ3v) is 2.19. The van der Waals surface area contributed by atoms with Gasteiger partial charge in [0.25, 0.3) is 0 Å². The van der Waals surface area contributed by atoms with Crippen molar-refractivity contribution in [3.05, 3.63) is 48.0 Å². The average Bonchev–Trinajstić information content (AvgIpc) is 2.29. The Morgan fingerprint density at radius 2 is 2.07 bits per heavy atom. The second-order valence-corrected chi connectivity index (χ2v) is 3.39. The molecule has 1 aromatic carbocycles. The van der Waals surface area contributed by atoms with Crippen molar-refractivity contribution in [2.75, 3.05) is 7.05 Å². The van der Waals surface area contributed by atoms with E-state index in [-0.39, 0.29) is 5.91 Å². The Hall–Kier alpha value is -1.57. The number of unbranched alkanes of at least 4 members (excludes halogenated alkanes) is 1. The molecule has 1 rings (SSSR count). The van der Waals surface area contributed by atoms with Crippen LogP contribution < -0.4 is 5.32 Å². The van der Waals surface area contributed by atoms with Gasteiger partial charge in [0.05, 0.1) is 0 Å². The Kier molecular flexibility index (Phi) is 5.23. The first kappa shape index (κ1) is 11.5. The van der Waals surface area contributed by atoms with Crippen LogP contribution in [0.15, 0.2) is 42.5 Å². The summed E-state index contributed by atoms with van der Waals surface area (Å²) in [5.74, 6) is -0.0327. The number of carbonyl (C=O) groups is 1. The first-order valence-corrected chi connectivity index (χ1v) is 5.25. The van der Waals surface area contributed by atoms with Gasteiger partial charge in [-0.2, -0.15) is 0 Å². The van der Waals surface area contributed by atoms with Gasteiger partial charge in [-0.3, -0.25) is 4.79 Å². The minimum Gasteiger partial charge on any atom is -0.356 e. The molecule has 0 spiro atoms. The molecule has 15 heavy (non-hydrogen) atoms. The molecule has 0 radical (unpaired) electrons. The van der Waals surface area contributed by atoms with Crippen LogP contribution in [0.1, 0.15) is 18.4 Å². The number of benzene rings is 1. The Labute approximate surface area is 91.0 Å². The highest BCUT2D eigenvalue weighted by Gasteiger charge is 1.91. The number of rotatable bonds is 5. The van der Waals surface area contributed by atoms with Gasteiger partial charge in [-0.25, -0.2) is 0 Å². The van der Waals surface area contributed by atoms with Gasteiger partial charge in [0.2, 0.25) is 5.91 Å². The van der Waals surface area contributed by atoms with Gasteiger partial charge in [0.1, 0.15) is 0 Å². The van der Waals surface area contributed by atoms with Gasteiger partial charge < -0.3 is 5.32 Å². The zero-order valence-corrected chi connectivity index (χ0v) is 9.07. The van der Waals surface area contributed by atoms with Crippen molar-refractivity contribution < 1.29 is 4.79 Å². The van der Waals surface area contributed by atoms with E-state index < -0.39 is 0 Å². The Balaban J connectivity index is 2.17. The number of aryl methyl sites for hydroxylation is 1. The number of hydrogen-bond donors (Lipinski definition) is 1. The monoisotopic (exact) mass is 203 g/mol. The smallest absolute Gasteiger partial charge is 0.243 e. The number of amides is 1. The lowest BCUT2D eigenvalue weighted by Crippen LogP contribution is -2.13. The fraction of sp³-hybridized carbons (Fsp3) is 0.308. The topological polar surface area (TPSA) is 29.1 Å². The molecule has 1 amide bonds. The minimum atomic E-state index is -0.0327. The number of allylic oxidation sites excluding steroid dienone is 1. The van der Waals surface area contributed by atoms with Crippen LogP contribution in [-0.4, -0.2) is 13.0 Å². The molecular formula is C13H17NO. The van der Waals surface area contributed by atoms with Crippen molar-refractivity contribution in [3.63, 3.8) is 0 Å². The molecule has 0 unspecified atom stereocenters. The predicted molar refractivity (Wildman–Crippen MR) is 62.6 cm³/mol. The van der Waals surface area contributed by atoms with Crippen molar-refractivity contribution in [1.82, 2.24) is 5.32 Å². The summed E-state index contributed by atoms with van der Waals surface area (Å²) < 4.78 is 0. The zero-order valence-electron chi connectivity index (χ0n) is 9.07. The molecule has 80 valence electrons. The number of hydrogen-bond acceptors (Lipinski definition) is 1. The summed E-state index contributed by atoms with van der Waals surface area (Å²) in [5, 5.41) is 2.55. The van der Waals surface area contributed by atoms with Crippen LogP contribution in [0, 0.1) is 0 Å². The van der Waals surface area contributed by atoms with Gasteiger partial charge in [0, 0.05) is 7.05 Å². The zero-order chi connectivity index (χ0) is 10.9. The fourth-order valence-corrected chi connectivity index (χ4v) is 1.34. The largest absolute Gasteiger partial charge is 0.356 e. The van der Waals surface area contributed by atoms with Gasteiger partial charge >= 0.3 is 0 Å². The Bertz CT molecular complexity index is 317. The van der Waals surface area contributed by atoms with Crippen LogP contribution in [-0.2, 0) is 11.2 Å². The van der Waals surface area contributed by atoms with E-state index in [9.17, 15) is 4.79 Å². The third-order valence-electron chi connectivity index (χ3n) is 2.19. The van der Waals surface area contributed by atoms with E-state index in [1.54, 1.807) is 13.1 Å². The van der Waals surface area contributed by atoms with Crippen LogP contribution in [0.3, 0.4) is 0 Å². The van der Waals surface area contributed by atoms with Crippen molar-refractivity contribution in [3.8, 4) is 0 Å². The fourth-order valence-electron chi connectivity index (χ4n) is 1.34. The molecule has 0 atom stereocenters. The third kappa shape index (κ3) is 5.01. The molecule has 0 saturated carbocycles. The molecule has 2 nitrogen and oxygen atoms in total. The summed E-state index contributed by atoms with van der Waals surface area (Å²) in [6.45, 7) is 0. The Morgan fingerprint density at radius 3 is 2.73 bits per heavy atom. The molecule has 0 aliphatic heterocycles. The van der Waals surface area contributed by atoms with Gasteiger partial charge in [0.15, 0.2) is 0 Å². The number of likely N-dealkylation sites (N-methyl/N-ethyl adjacent to an activating group) is 1. The summed E-state index contributed by atoms with van der Waals surface area (Å²) in [7, 11) is 1.64. The molecule has 1 aromatic rings. The van der Waals surface area contributed by atoms with E-state index in [2.05, 4.69) is 29.6 Å². The maximum atomic E-state index is 10.8. The highest BCUT2D eigenvalue weighted by Crippen LogP contribution is 2.04. The standard InChI is InChI=1S/C13H17NO/c1-14-13(15)11-7-3-6-10-12-8-4-2-5-9-12/h2,4-5,7-9,11H,3,6,10H2,1H3,(H,14,15)/b11-7+. The van der Waals surface area contributed by atoms with E-state index in [0.717, 1.165) is 19.3 Å². The normalized spacial score (nSPS) is 10.5. The van der Waals surface area contributed by atoms with Crippen LogP contribution >= 0.6 is 0 Å². The van der Waals surface area contributed by atoms with Gasteiger partial charge in [-0.1, -0.05) is 36.4 Å². The van der Waals surface area contributed by atoms with Crippen molar-refractivity contribution in [1.29, 1.82) is 0 Å².